The zero-order valence-electron chi connectivity index (χ0n) is 8.61. The molecule has 0 rings (SSSR count). The fourth-order valence-corrected chi connectivity index (χ4v) is 0.622. The third-order valence-corrected chi connectivity index (χ3v) is 1.36. The molecule has 0 aromatic heterocycles. The van der Waals surface area contributed by atoms with Gasteiger partial charge in [-0.05, 0) is 12.5 Å². The van der Waals surface area contributed by atoms with Crippen molar-refractivity contribution in [3.8, 4) is 0 Å². The molecule has 0 radical (unpaired) electrons. The fourth-order valence-electron chi connectivity index (χ4n) is 0.622. The second-order valence-electron chi connectivity index (χ2n) is 2.52. The van der Waals surface area contributed by atoms with E-state index in [1.165, 1.54) is 0 Å². The van der Waals surface area contributed by atoms with Gasteiger partial charge in [0.2, 0.25) is 0 Å². The maximum Gasteiger partial charge on any atom is 0.0808 e. The number of hydrogen-bond donors (Lipinski definition) is 0. The van der Waals surface area contributed by atoms with Gasteiger partial charge in [-0.2, -0.15) is 0 Å². The van der Waals surface area contributed by atoms with Gasteiger partial charge in [0.05, 0.1) is 11.4 Å². The van der Waals surface area contributed by atoms with E-state index in [9.17, 15) is 0 Å². The highest BCUT2D eigenvalue weighted by molar-refractivity contribution is 5.74. The van der Waals surface area contributed by atoms with Crippen LogP contribution in [0.3, 0.4) is 0 Å². The number of nitrogens with zero attached hydrogens (tertiary/aromatic N) is 2. The van der Waals surface area contributed by atoms with Crippen LogP contribution in [-0.4, -0.2) is 12.4 Å². The maximum absolute atomic E-state index is 4.06. The molecule has 0 saturated heterocycles. The largest absolute Gasteiger partial charge is 0.255 e. The highest BCUT2D eigenvalue weighted by atomic mass is 14.8. The minimum atomic E-state index is 0.547. The standard InChI is InChI=1S/C12H16N2/c1-5-7-8-10-14-12(4)11(3)13-9-6-2/h6-10H,2-5H2,1H3/b8-7-,13-9-,14-10-. The first-order chi connectivity index (χ1) is 6.72. The Kier molecular flexibility index (Phi) is 6.96. The number of allylic oxidation sites excluding steroid dienone is 3. The number of rotatable bonds is 6. The molecule has 0 saturated carbocycles. The monoisotopic (exact) mass is 188 g/mol. The molecule has 74 valence electrons. The Hall–Kier alpha value is -1.70. The molecule has 0 fully saturated rings. The molecule has 0 N–H and O–H groups in total. The number of hydrogen-bond acceptors (Lipinski definition) is 2. The highest BCUT2D eigenvalue weighted by Gasteiger charge is 1.91. The highest BCUT2D eigenvalue weighted by Crippen LogP contribution is 2.06. The van der Waals surface area contributed by atoms with Crippen LogP contribution in [0.4, 0.5) is 0 Å². The Balaban J connectivity index is 4.14. The summed E-state index contributed by atoms with van der Waals surface area (Å²) < 4.78 is 0. The first kappa shape index (κ1) is 12.3. The van der Waals surface area contributed by atoms with Crippen LogP contribution < -0.4 is 0 Å². The van der Waals surface area contributed by atoms with E-state index in [0.717, 1.165) is 6.42 Å². The lowest BCUT2D eigenvalue weighted by Gasteiger charge is -1.95. The van der Waals surface area contributed by atoms with Crippen molar-refractivity contribution in [3.63, 3.8) is 0 Å². The third-order valence-electron chi connectivity index (χ3n) is 1.36. The van der Waals surface area contributed by atoms with E-state index in [2.05, 4.69) is 36.6 Å². The lowest BCUT2D eigenvalue weighted by Crippen LogP contribution is -1.80. The van der Waals surface area contributed by atoms with Crippen molar-refractivity contribution in [1.82, 2.24) is 0 Å². The zero-order chi connectivity index (χ0) is 10.8. The van der Waals surface area contributed by atoms with E-state index in [4.69, 9.17) is 0 Å². The minimum absolute atomic E-state index is 0.547. The second-order valence-corrected chi connectivity index (χ2v) is 2.52. The first-order valence-electron chi connectivity index (χ1n) is 4.44. The summed E-state index contributed by atoms with van der Waals surface area (Å²) in [4.78, 5) is 8.03. The second kappa shape index (κ2) is 7.92. The molecule has 0 amide bonds. The minimum Gasteiger partial charge on any atom is -0.255 e. The van der Waals surface area contributed by atoms with E-state index in [0.29, 0.717) is 11.4 Å². The topological polar surface area (TPSA) is 24.7 Å². The lowest BCUT2D eigenvalue weighted by atomic mass is 10.4. The van der Waals surface area contributed by atoms with Gasteiger partial charge in [0.15, 0.2) is 0 Å². The van der Waals surface area contributed by atoms with Crippen molar-refractivity contribution in [2.45, 2.75) is 13.3 Å². The Morgan fingerprint density at radius 3 is 2.21 bits per heavy atom. The molecular formula is C12H16N2. The van der Waals surface area contributed by atoms with Gasteiger partial charge in [-0.3, -0.25) is 9.98 Å². The van der Waals surface area contributed by atoms with Crippen LogP contribution in [0.5, 0.6) is 0 Å². The summed E-state index contributed by atoms with van der Waals surface area (Å²) in [5.41, 5.74) is 1.11. The molecule has 0 unspecified atom stereocenters. The molecule has 0 atom stereocenters. The van der Waals surface area contributed by atoms with Crippen LogP contribution in [0.1, 0.15) is 13.3 Å². The van der Waals surface area contributed by atoms with Crippen molar-refractivity contribution in [1.29, 1.82) is 0 Å². The van der Waals surface area contributed by atoms with E-state index >= 15 is 0 Å². The van der Waals surface area contributed by atoms with E-state index in [1.54, 1.807) is 18.5 Å². The molecule has 2 nitrogen and oxygen atoms in total. The van der Waals surface area contributed by atoms with Gasteiger partial charge in [0.1, 0.15) is 0 Å². The van der Waals surface area contributed by atoms with Crippen LogP contribution in [0.15, 0.2) is 59.3 Å². The first-order valence-corrected chi connectivity index (χ1v) is 4.44. The van der Waals surface area contributed by atoms with Gasteiger partial charge in [-0.15, -0.1) is 0 Å². The SMILES string of the molecule is C=C/C=N\C(=C)C(=C)/N=C\C=C/CC. The van der Waals surface area contributed by atoms with Crippen molar-refractivity contribution >= 4 is 12.4 Å². The van der Waals surface area contributed by atoms with Gasteiger partial charge >= 0.3 is 0 Å². The summed E-state index contributed by atoms with van der Waals surface area (Å²) in [6.07, 6.45) is 9.70. The van der Waals surface area contributed by atoms with Crippen molar-refractivity contribution < 1.29 is 0 Å². The average Bonchev–Trinajstić information content (AvgIpc) is 2.20. The van der Waals surface area contributed by atoms with E-state index in [1.807, 2.05) is 12.2 Å². The molecule has 0 bridgehead atoms. The summed E-state index contributed by atoms with van der Waals surface area (Å²) in [6.45, 7) is 13.0. The molecule has 0 aromatic carbocycles. The molecule has 0 aliphatic carbocycles. The quantitative estimate of drug-likeness (QED) is 0.451. The van der Waals surface area contributed by atoms with Crippen LogP contribution >= 0.6 is 0 Å². The van der Waals surface area contributed by atoms with Crippen LogP contribution in [0, 0.1) is 0 Å². The van der Waals surface area contributed by atoms with Gasteiger partial charge in [0, 0.05) is 12.4 Å². The zero-order valence-corrected chi connectivity index (χ0v) is 8.61. The molecule has 0 aromatic rings. The predicted molar refractivity (Wildman–Crippen MR) is 64.9 cm³/mol. The fraction of sp³-hybridized carbons (Fsp3) is 0.167. The summed E-state index contributed by atoms with van der Waals surface area (Å²) in [5.74, 6) is 0. The lowest BCUT2D eigenvalue weighted by molar-refractivity contribution is 1.23. The molecule has 14 heavy (non-hydrogen) atoms. The average molecular weight is 188 g/mol. The third kappa shape index (κ3) is 5.89. The molecule has 0 heterocycles. The Bertz CT molecular complexity index is 293. The molecule has 2 heteroatoms. The van der Waals surface area contributed by atoms with Crippen molar-refractivity contribution in [2.75, 3.05) is 0 Å². The normalized spacial score (nSPS) is 11.5. The van der Waals surface area contributed by atoms with E-state index < -0.39 is 0 Å². The van der Waals surface area contributed by atoms with Gasteiger partial charge in [0.25, 0.3) is 0 Å². The van der Waals surface area contributed by atoms with Crippen molar-refractivity contribution in [2.24, 2.45) is 9.98 Å². The molecule has 0 spiro atoms. The summed E-state index contributed by atoms with van der Waals surface area (Å²) in [6, 6.07) is 0. The summed E-state index contributed by atoms with van der Waals surface area (Å²) >= 11 is 0. The van der Waals surface area contributed by atoms with Crippen LogP contribution in [-0.2, 0) is 0 Å². The van der Waals surface area contributed by atoms with Gasteiger partial charge in [-0.1, -0.05) is 38.8 Å². The molecule has 0 aliphatic heterocycles. The smallest absolute Gasteiger partial charge is 0.0808 e. The van der Waals surface area contributed by atoms with Crippen LogP contribution in [0.2, 0.25) is 0 Å². The Labute approximate surface area is 85.8 Å². The van der Waals surface area contributed by atoms with Gasteiger partial charge in [-0.25, -0.2) is 0 Å². The molecular weight excluding hydrogens is 172 g/mol. The number of aliphatic imine (C=N–C) groups is 2. The maximum atomic E-state index is 4.06. The predicted octanol–water partition coefficient (Wildman–Crippen LogP) is 3.31. The Morgan fingerprint density at radius 2 is 1.71 bits per heavy atom. The van der Waals surface area contributed by atoms with E-state index in [-0.39, 0.29) is 0 Å². The molecule has 0 aliphatic rings. The van der Waals surface area contributed by atoms with Gasteiger partial charge < -0.3 is 0 Å². The van der Waals surface area contributed by atoms with Crippen molar-refractivity contribution in [3.05, 3.63) is 49.4 Å². The Morgan fingerprint density at radius 1 is 1.14 bits per heavy atom. The summed E-state index contributed by atoms with van der Waals surface area (Å²) in [7, 11) is 0. The summed E-state index contributed by atoms with van der Waals surface area (Å²) in [5, 5.41) is 0. The van der Waals surface area contributed by atoms with Crippen LogP contribution in [0.25, 0.3) is 0 Å².